The van der Waals surface area contributed by atoms with Gasteiger partial charge in [0.2, 0.25) is 5.91 Å². The number of hydrogen-bond donors (Lipinski definition) is 0. The van der Waals surface area contributed by atoms with Crippen LogP contribution in [0, 0.1) is 18.2 Å². The Bertz CT molecular complexity index is 1640. The molecule has 1 amide bonds. The summed E-state index contributed by atoms with van der Waals surface area (Å²) in [5, 5.41) is 0.907. The molecule has 6 rings (SSSR count). The Hall–Kier alpha value is -3.39. The number of methoxy groups -OCH3 is 1. The highest BCUT2D eigenvalue weighted by molar-refractivity contribution is 5.94. The molecule has 1 aliphatic heterocycles. The molecule has 2 unspecified atom stereocenters. The third-order valence-electron chi connectivity index (χ3n) is 9.79. The van der Waals surface area contributed by atoms with Crippen molar-refractivity contribution in [1.82, 2.24) is 14.5 Å². The van der Waals surface area contributed by atoms with Crippen LogP contribution in [-0.2, 0) is 33.9 Å². The summed E-state index contributed by atoms with van der Waals surface area (Å²) in [5.74, 6) is -0.610. The van der Waals surface area contributed by atoms with Crippen LogP contribution < -0.4 is 5.56 Å². The number of benzene rings is 1. The maximum Gasteiger partial charge on any atom is 0.257 e. The van der Waals surface area contributed by atoms with E-state index in [0.29, 0.717) is 59.4 Å². The van der Waals surface area contributed by atoms with Gasteiger partial charge in [0.1, 0.15) is 12.1 Å². The lowest BCUT2D eigenvalue weighted by Gasteiger charge is -2.43. The first kappa shape index (κ1) is 26.8. The van der Waals surface area contributed by atoms with Gasteiger partial charge in [-0.1, -0.05) is 20.3 Å². The zero-order valence-electron chi connectivity index (χ0n) is 23.9. The van der Waals surface area contributed by atoms with E-state index in [1.807, 2.05) is 31.9 Å². The van der Waals surface area contributed by atoms with Crippen molar-refractivity contribution < 1.29 is 18.7 Å². The monoisotopic (exact) mass is 545 g/mol. The molecule has 1 saturated carbocycles. The van der Waals surface area contributed by atoms with E-state index in [1.165, 1.54) is 13.2 Å². The normalized spacial score (nSPS) is 19.1. The van der Waals surface area contributed by atoms with E-state index in [4.69, 9.17) is 9.72 Å². The van der Waals surface area contributed by atoms with E-state index >= 15 is 4.39 Å². The number of fused-ring (bicyclic) bond motifs is 4. The molecule has 2 atom stereocenters. The maximum atomic E-state index is 15.1. The van der Waals surface area contributed by atoms with Crippen molar-refractivity contribution in [3.63, 3.8) is 0 Å². The topological polar surface area (TPSA) is 81.5 Å². The van der Waals surface area contributed by atoms with Gasteiger partial charge in [0.15, 0.2) is 0 Å². The van der Waals surface area contributed by atoms with E-state index < -0.39 is 5.92 Å². The molecule has 0 N–H and O–H groups in total. The van der Waals surface area contributed by atoms with Crippen molar-refractivity contribution in [2.24, 2.45) is 5.41 Å². The number of carbonyl (C=O) groups excluding carboxylic acids is 2. The van der Waals surface area contributed by atoms with Gasteiger partial charge >= 0.3 is 0 Å². The molecule has 0 bridgehead atoms. The fourth-order valence-corrected chi connectivity index (χ4v) is 7.22. The average Bonchev–Trinajstić information content (AvgIpc) is 3.30. The first-order valence-electron chi connectivity index (χ1n) is 14.3. The molecular weight excluding hydrogens is 509 g/mol. The molecule has 0 saturated heterocycles. The van der Waals surface area contributed by atoms with Crippen molar-refractivity contribution in [1.29, 1.82) is 0 Å². The molecule has 2 aromatic heterocycles. The maximum absolute atomic E-state index is 15.1. The Labute approximate surface area is 233 Å². The van der Waals surface area contributed by atoms with Crippen LogP contribution in [0.25, 0.3) is 22.3 Å². The lowest BCUT2D eigenvalue weighted by Crippen LogP contribution is -2.46. The highest BCUT2D eigenvalue weighted by Crippen LogP contribution is 2.49. The molecule has 0 spiro atoms. The van der Waals surface area contributed by atoms with Gasteiger partial charge < -0.3 is 19.0 Å². The number of halogens is 1. The van der Waals surface area contributed by atoms with Crippen molar-refractivity contribution in [3.8, 4) is 11.4 Å². The fourth-order valence-electron chi connectivity index (χ4n) is 7.22. The summed E-state index contributed by atoms with van der Waals surface area (Å²) in [6.07, 6.45) is 5.58. The van der Waals surface area contributed by atoms with E-state index in [-0.39, 0.29) is 35.3 Å². The summed E-state index contributed by atoms with van der Waals surface area (Å²) in [4.78, 5) is 46.4. The smallest absolute Gasteiger partial charge is 0.257 e. The van der Waals surface area contributed by atoms with E-state index in [1.54, 1.807) is 11.5 Å². The Morgan fingerprint density at radius 3 is 2.70 bits per heavy atom. The van der Waals surface area contributed by atoms with Crippen LogP contribution >= 0.6 is 0 Å². The van der Waals surface area contributed by atoms with E-state index in [0.717, 1.165) is 47.6 Å². The average molecular weight is 546 g/mol. The molecule has 8 heteroatoms. The zero-order chi connectivity index (χ0) is 28.5. The molecule has 40 heavy (non-hydrogen) atoms. The fraction of sp³-hybridized carbons (Fsp3) is 0.500. The Kier molecular flexibility index (Phi) is 6.44. The van der Waals surface area contributed by atoms with Crippen LogP contribution in [0.4, 0.5) is 4.39 Å². The molecule has 7 nitrogen and oxygen atoms in total. The minimum Gasteiger partial charge on any atom is -0.380 e. The largest absolute Gasteiger partial charge is 0.380 e. The zero-order valence-corrected chi connectivity index (χ0v) is 23.9. The summed E-state index contributed by atoms with van der Waals surface area (Å²) in [6.45, 7) is 6.17. The molecule has 0 radical (unpaired) electrons. The summed E-state index contributed by atoms with van der Waals surface area (Å²) < 4.78 is 22.2. The van der Waals surface area contributed by atoms with Gasteiger partial charge in [-0.05, 0) is 67.3 Å². The molecule has 1 aromatic carbocycles. The minimum absolute atomic E-state index is 0.102. The van der Waals surface area contributed by atoms with Crippen LogP contribution in [0.2, 0.25) is 0 Å². The molecular formula is C32H36FN3O4. The number of pyridine rings is 2. The number of nitrogens with zero attached hydrogens (tertiary/aromatic N) is 3. The first-order valence-corrected chi connectivity index (χ1v) is 14.3. The first-order chi connectivity index (χ1) is 19.1. The number of hydrogen-bond acceptors (Lipinski definition) is 5. The summed E-state index contributed by atoms with van der Waals surface area (Å²) >= 11 is 0. The van der Waals surface area contributed by atoms with Crippen molar-refractivity contribution in [2.45, 2.75) is 84.4 Å². The predicted molar refractivity (Wildman–Crippen MR) is 151 cm³/mol. The lowest BCUT2D eigenvalue weighted by atomic mass is 9.69. The second kappa shape index (κ2) is 9.61. The predicted octanol–water partition coefficient (Wildman–Crippen LogP) is 5.35. The third-order valence-corrected chi connectivity index (χ3v) is 9.79. The molecule has 210 valence electrons. The van der Waals surface area contributed by atoms with Crippen LogP contribution in [0.5, 0.6) is 0 Å². The van der Waals surface area contributed by atoms with Gasteiger partial charge in [-0.15, -0.1) is 0 Å². The number of ether oxygens (including phenoxy) is 1. The highest BCUT2D eigenvalue weighted by atomic mass is 19.1. The third kappa shape index (κ3) is 3.71. The van der Waals surface area contributed by atoms with Gasteiger partial charge in [-0.3, -0.25) is 9.59 Å². The Morgan fingerprint density at radius 1 is 1.32 bits per heavy atom. The van der Waals surface area contributed by atoms with Crippen molar-refractivity contribution in [2.75, 3.05) is 14.2 Å². The molecule has 2 aliphatic carbocycles. The number of aromatic nitrogens is 2. The Balaban J connectivity index is 1.62. The van der Waals surface area contributed by atoms with E-state index in [9.17, 15) is 14.4 Å². The summed E-state index contributed by atoms with van der Waals surface area (Å²) in [6, 6.07) is 3.17. The van der Waals surface area contributed by atoms with Gasteiger partial charge in [0.25, 0.3) is 5.56 Å². The Morgan fingerprint density at radius 2 is 2.08 bits per heavy atom. The quantitative estimate of drug-likeness (QED) is 0.293. The summed E-state index contributed by atoms with van der Waals surface area (Å²) in [5.41, 5.74) is 5.79. The van der Waals surface area contributed by atoms with Gasteiger partial charge in [0, 0.05) is 48.1 Å². The molecule has 3 heterocycles. The van der Waals surface area contributed by atoms with Gasteiger partial charge in [0.05, 0.1) is 36.1 Å². The lowest BCUT2D eigenvalue weighted by molar-refractivity contribution is -0.147. The molecule has 1 fully saturated rings. The second-order valence-electron chi connectivity index (χ2n) is 12.0. The van der Waals surface area contributed by atoms with Crippen LogP contribution in [0.3, 0.4) is 0 Å². The van der Waals surface area contributed by atoms with Crippen molar-refractivity contribution in [3.05, 3.63) is 61.7 Å². The van der Waals surface area contributed by atoms with E-state index in [2.05, 4.69) is 0 Å². The SMILES string of the molecule is CCC(C=O)c1cc2n(c(=O)c1COC)Cc1c-2nc2cc(F)c(C)c3c2c1C(N(C)C(=O)C1(C)CCC1)CC3. The van der Waals surface area contributed by atoms with Crippen LogP contribution in [0.15, 0.2) is 16.9 Å². The minimum atomic E-state index is -0.446. The number of rotatable bonds is 7. The second-order valence-corrected chi connectivity index (χ2v) is 12.0. The molecule has 3 aliphatic rings. The number of aryl methyl sites for hydroxylation is 1. The van der Waals surface area contributed by atoms with Crippen LogP contribution in [-0.4, -0.2) is 40.8 Å². The van der Waals surface area contributed by atoms with Gasteiger partial charge in [-0.25, -0.2) is 9.37 Å². The van der Waals surface area contributed by atoms with Crippen LogP contribution in [0.1, 0.15) is 91.3 Å². The number of aldehydes is 1. The molecule has 3 aromatic rings. The summed E-state index contributed by atoms with van der Waals surface area (Å²) in [7, 11) is 3.42. The van der Waals surface area contributed by atoms with Gasteiger partial charge in [-0.2, -0.15) is 0 Å². The van der Waals surface area contributed by atoms with Crippen molar-refractivity contribution >= 4 is 23.1 Å². The highest BCUT2D eigenvalue weighted by Gasteiger charge is 2.44. The number of amides is 1. The standard InChI is InChI=1S/C32H36FN3O4/c1-6-18(15-37)20-12-26-29-21(14-36(26)30(38)22(20)16-40-5)28-25(35(4)31(39)32(3)10-7-11-32)9-8-19-17(2)23(33)13-24(34-29)27(19)28/h12-13,15,18,25H,6-11,14,16H2,1-5H3. The number of carbonyl (C=O) groups is 2.